The van der Waals surface area contributed by atoms with Crippen LogP contribution in [-0.2, 0) is 4.74 Å². The van der Waals surface area contributed by atoms with E-state index in [-0.39, 0.29) is 0 Å². The Kier molecular flexibility index (Phi) is 3.06. The summed E-state index contributed by atoms with van der Waals surface area (Å²) in [5.41, 5.74) is 0.607. The van der Waals surface area contributed by atoms with E-state index < -0.39 is 5.60 Å². The summed E-state index contributed by atoms with van der Waals surface area (Å²) in [7, 11) is 0. The number of allylic oxidation sites excluding steroid dienone is 1. The molecule has 0 unspecified atom stereocenters. The topological polar surface area (TPSA) is 29.5 Å². The molecule has 0 saturated carbocycles. The lowest BCUT2D eigenvalue weighted by Gasteiger charge is -2.09. The lowest BCUT2D eigenvalue weighted by Crippen LogP contribution is -2.13. The van der Waals surface area contributed by atoms with Crippen LogP contribution in [0.4, 0.5) is 0 Å². The van der Waals surface area contributed by atoms with Crippen LogP contribution in [0.1, 0.15) is 20.3 Å². The van der Waals surface area contributed by atoms with Crippen LogP contribution >= 0.6 is 0 Å². The van der Waals surface area contributed by atoms with E-state index in [0.717, 1.165) is 19.6 Å². The van der Waals surface area contributed by atoms with Gasteiger partial charge in [0, 0.05) is 0 Å². The first-order valence-electron chi connectivity index (χ1n) is 4.24. The Morgan fingerprint density at radius 3 is 2.92 bits per heavy atom. The number of rotatable bonds is 3. The van der Waals surface area contributed by atoms with Gasteiger partial charge in [0.1, 0.15) is 0 Å². The average Bonchev–Trinajstić information content (AvgIpc) is 2.36. The number of aliphatic hydroxyl groups is 1. The van der Waals surface area contributed by atoms with Crippen molar-refractivity contribution >= 4 is 0 Å². The first-order valence-corrected chi connectivity index (χ1v) is 4.24. The van der Waals surface area contributed by atoms with Crippen molar-refractivity contribution in [2.45, 2.75) is 25.9 Å². The van der Waals surface area contributed by atoms with Gasteiger partial charge in [0.25, 0.3) is 0 Å². The SMILES string of the molecule is CC(C)(O)C=CCC1=CCOC1. The fourth-order valence-corrected chi connectivity index (χ4v) is 1.07. The van der Waals surface area contributed by atoms with Gasteiger partial charge in [-0.2, -0.15) is 0 Å². The molecule has 0 aromatic rings. The molecule has 1 N–H and O–H groups in total. The van der Waals surface area contributed by atoms with E-state index >= 15 is 0 Å². The van der Waals surface area contributed by atoms with E-state index in [1.165, 1.54) is 5.57 Å². The molecular weight excluding hydrogens is 152 g/mol. The third-order valence-corrected chi connectivity index (χ3v) is 1.68. The smallest absolute Gasteiger partial charge is 0.0771 e. The Hall–Kier alpha value is -0.600. The molecule has 2 heteroatoms. The molecular formula is C10H16O2. The standard InChI is InChI=1S/C10H16O2/c1-10(2,11)6-3-4-9-5-7-12-8-9/h3,5-6,11H,4,7-8H2,1-2H3. The molecule has 0 aliphatic carbocycles. The monoisotopic (exact) mass is 168 g/mol. The predicted molar refractivity (Wildman–Crippen MR) is 49.0 cm³/mol. The Morgan fingerprint density at radius 1 is 1.67 bits per heavy atom. The van der Waals surface area contributed by atoms with Crippen LogP contribution in [-0.4, -0.2) is 23.9 Å². The fourth-order valence-electron chi connectivity index (χ4n) is 1.07. The molecule has 0 bridgehead atoms. The zero-order chi connectivity index (χ0) is 9.03. The van der Waals surface area contributed by atoms with Gasteiger partial charge in [-0.1, -0.05) is 18.2 Å². The largest absolute Gasteiger partial charge is 0.386 e. The molecule has 0 aromatic heterocycles. The molecule has 0 fully saturated rings. The summed E-state index contributed by atoms with van der Waals surface area (Å²) in [4.78, 5) is 0. The second-order valence-electron chi connectivity index (χ2n) is 3.64. The van der Waals surface area contributed by atoms with Crippen molar-refractivity contribution in [1.29, 1.82) is 0 Å². The van der Waals surface area contributed by atoms with Gasteiger partial charge in [0.05, 0.1) is 18.8 Å². The van der Waals surface area contributed by atoms with Crippen molar-refractivity contribution < 1.29 is 9.84 Å². The minimum atomic E-state index is -0.694. The Labute approximate surface area is 73.5 Å². The van der Waals surface area contributed by atoms with E-state index in [4.69, 9.17) is 4.74 Å². The van der Waals surface area contributed by atoms with Crippen LogP contribution in [0.5, 0.6) is 0 Å². The van der Waals surface area contributed by atoms with Crippen LogP contribution in [0.2, 0.25) is 0 Å². The molecule has 0 atom stereocenters. The molecule has 1 heterocycles. The quantitative estimate of drug-likeness (QED) is 0.649. The zero-order valence-electron chi connectivity index (χ0n) is 7.71. The second-order valence-corrected chi connectivity index (χ2v) is 3.64. The van der Waals surface area contributed by atoms with Gasteiger partial charge >= 0.3 is 0 Å². The van der Waals surface area contributed by atoms with E-state index in [2.05, 4.69) is 6.08 Å². The second kappa shape index (κ2) is 3.87. The van der Waals surface area contributed by atoms with Gasteiger partial charge in [-0.05, 0) is 25.8 Å². The summed E-state index contributed by atoms with van der Waals surface area (Å²) in [5.74, 6) is 0. The van der Waals surface area contributed by atoms with Gasteiger partial charge in [-0.25, -0.2) is 0 Å². The first-order chi connectivity index (χ1) is 5.58. The third kappa shape index (κ3) is 3.69. The molecule has 12 heavy (non-hydrogen) atoms. The molecule has 0 amide bonds. The molecule has 0 aromatic carbocycles. The zero-order valence-corrected chi connectivity index (χ0v) is 7.71. The van der Waals surface area contributed by atoms with Crippen LogP contribution in [0, 0.1) is 0 Å². The summed E-state index contributed by atoms with van der Waals surface area (Å²) < 4.78 is 5.15. The number of ether oxygens (including phenoxy) is 1. The van der Waals surface area contributed by atoms with Crippen LogP contribution < -0.4 is 0 Å². The summed E-state index contributed by atoms with van der Waals surface area (Å²) in [6, 6.07) is 0. The highest BCUT2D eigenvalue weighted by Gasteiger charge is 2.06. The van der Waals surface area contributed by atoms with Gasteiger partial charge in [-0.3, -0.25) is 0 Å². The molecule has 1 aliphatic rings. The maximum absolute atomic E-state index is 9.35. The number of hydrogen-bond acceptors (Lipinski definition) is 2. The highest BCUT2D eigenvalue weighted by Crippen LogP contribution is 2.11. The summed E-state index contributed by atoms with van der Waals surface area (Å²) >= 11 is 0. The van der Waals surface area contributed by atoms with Crippen molar-refractivity contribution in [3.05, 3.63) is 23.8 Å². The van der Waals surface area contributed by atoms with Crippen molar-refractivity contribution in [2.75, 3.05) is 13.2 Å². The van der Waals surface area contributed by atoms with Crippen LogP contribution in [0.15, 0.2) is 23.8 Å². The van der Waals surface area contributed by atoms with Gasteiger partial charge in [0.2, 0.25) is 0 Å². The third-order valence-electron chi connectivity index (χ3n) is 1.68. The van der Waals surface area contributed by atoms with Gasteiger partial charge < -0.3 is 9.84 Å². The minimum absolute atomic E-state index is 0.694. The van der Waals surface area contributed by atoms with Crippen molar-refractivity contribution in [2.24, 2.45) is 0 Å². The van der Waals surface area contributed by atoms with E-state index in [9.17, 15) is 5.11 Å². The lowest BCUT2D eigenvalue weighted by molar-refractivity contribution is 0.133. The predicted octanol–water partition coefficient (Wildman–Crippen LogP) is 1.66. The maximum atomic E-state index is 9.35. The molecule has 1 rings (SSSR count). The van der Waals surface area contributed by atoms with Crippen molar-refractivity contribution in [3.8, 4) is 0 Å². The molecule has 1 aliphatic heterocycles. The summed E-state index contributed by atoms with van der Waals surface area (Å²) in [5, 5.41) is 9.35. The Morgan fingerprint density at radius 2 is 2.42 bits per heavy atom. The van der Waals surface area contributed by atoms with Crippen molar-refractivity contribution in [1.82, 2.24) is 0 Å². The van der Waals surface area contributed by atoms with E-state index in [1.54, 1.807) is 13.8 Å². The molecule has 0 saturated heterocycles. The first kappa shape index (κ1) is 9.49. The van der Waals surface area contributed by atoms with Crippen LogP contribution in [0.25, 0.3) is 0 Å². The fraction of sp³-hybridized carbons (Fsp3) is 0.600. The molecule has 2 nitrogen and oxygen atoms in total. The van der Waals surface area contributed by atoms with Crippen LogP contribution in [0.3, 0.4) is 0 Å². The highest BCUT2D eigenvalue weighted by atomic mass is 16.5. The number of hydrogen-bond donors (Lipinski definition) is 1. The highest BCUT2D eigenvalue weighted by molar-refractivity contribution is 5.12. The molecule has 0 spiro atoms. The Balaban J connectivity index is 2.29. The molecule has 68 valence electrons. The summed E-state index contributed by atoms with van der Waals surface area (Å²) in [6.45, 7) is 5.02. The minimum Gasteiger partial charge on any atom is -0.386 e. The van der Waals surface area contributed by atoms with Crippen molar-refractivity contribution in [3.63, 3.8) is 0 Å². The summed E-state index contributed by atoms with van der Waals surface area (Å²) in [6.07, 6.45) is 6.78. The maximum Gasteiger partial charge on any atom is 0.0771 e. The Bertz CT molecular complexity index is 196. The normalized spacial score (nSPS) is 18.8. The van der Waals surface area contributed by atoms with E-state index in [1.807, 2.05) is 12.2 Å². The lowest BCUT2D eigenvalue weighted by atomic mass is 10.1. The average molecular weight is 168 g/mol. The molecule has 0 radical (unpaired) electrons. The van der Waals surface area contributed by atoms with Gasteiger partial charge in [0.15, 0.2) is 0 Å². The van der Waals surface area contributed by atoms with E-state index in [0.29, 0.717) is 0 Å². The van der Waals surface area contributed by atoms with Gasteiger partial charge in [-0.15, -0.1) is 0 Å².